The minimum Gasteiger partial charge on any atom is -0.306 e. The summed E-state index contributed by atoms with van der Waals surface area (Å²) < 4.78 is 1.82. The van der Waals surface area contributed by atoms with Gasteiger partial charge in [-0.15, -0.1) is 11.3 Å². The minimum absolute atomic E-state index is 0.353. The lowest BCUT2D eigenvalue weighted by molar-refractivity contribution is 0.449. The van der Waals surface area contributed by atoms with Crippen molar-refractivity contribution in [1.82, 2.24) is 25.1 Å². The number of aryl methyl sites for hydroxylation is 1. The van der Waals surface area contributed by atoms with E-state index in [9.17, 15) is 0 Å². The maximum absolute atomic E-state index is 4.40. The molecule has 0 spiro atoms. The second kappa shape index (κ2) is 5.18. The number of thiazole rings is 1. The smallest absolute Gasteiger partial charge is 0.137 e. The van der Waals surface area contributed by atoms with E-state index in [1.165, 1.54) is 0 Å². The molecule has 16 heavy (non-hydrogen) atoms. The third-order valence-electron chi connectivity index (χ3n) is 2.20. The van der Waals surface area contributed by atoms with Gasteiger partial charge in [0.1, 0.15) is 17.7 Å². The molecule has 0 aliphatic rings. The summed E-state index contributed by atoms with van der Waals surface area (Å²) in [6, 6.07) is 0.353. The van der Waals surface area contributed by atoms with E-state index in [0.717, 1.165) is 23.8 Å². The van der Waals surface area contributed by atoms with E-state index >= 15 is 0 Å². The first kappa shape index (κ1) is 11.2. The molecule has 0 radical (unpaired) electrons. The molecule has 0 fully saturated rings. The molecule has 0 aromatic carbocycles. The molecule has 1 atom stereocenters. The number of nitrogens with one attached hydrogen (secondary N) is 1. The second-order valence-electron chi connectivity index (χ2n) is 3.78. The summed E-state index contributed by atoms with van der Waals surface area (Å²) in [5.41, 5.74) is 1.09. The highest BCUT2D eigenvalue weighted by molar-refractivity contribution is 7.09. The van der Waals surface area contributed by atoms with Crippen molar-refractivity contribution in [3.63, 3.8) is 0 Å². The molecule has 1 N–H and O–H groups in total. The summed E-state index contributed by atoms with van der Waals surface area (Å²) in [6.45, 7) is 5.78. The summed E-state index contributed by atoms with van der Waals surface area (Å²) in [6.07, 6.45) is 3.28. The van der Waals surface area contributed by atoms with E-state index in [-0.39, 0.29) is 0 Å². The number of rotatable bonds is 5. The fraction of sp³-hybridized carbons (Fsp3) is 0.500. The van der Waals surface area contributed by atoms with Gasteiger partial charge in [0.25, 0.3) is 0 Å². The lowest BCUT2D eigenvalue weighted by Gasteiger charge is -2.11. The molecule has 2 aromatic heterocycles. The first-order valence-electron chi connectivity index (χ1n) is 5.21. The second-order valence-corrected chi connectivity index (χ2v) is 4.72. The summed E-state index contributed by atoms with van der Waals surface area (Å²) in [5.74, 6) is 0. The van der Waals surface area contributed by atoms with Crippen molar-refractivity contribution in [2.75, 3.05) is 0 Å². The first-order valence-corrected chi connectivity index (χ1v) is 6.09. The van der Waals surface area contributed by atoms with Crippen molar-refractivity contribution >= 4 is 11.3 Å². The van der Waals surface area contributed by atoms with Gasteiger partial charge in [-0.25, -0.2) is 9.97 Å². The third kappa shape index (κ3) is 3.11. The highest BCUT2D eigenvalue weighted by Gasteiger charge is 2.04. The molecule has 0 aliphatic heterocycles. The van der Waals surface area contributed by atoms with Crippen LogP contribution in [-0.2, 0) is 13.1 Å². The Morgan fingerprint density at radius 2 is 2.44 bits per heavy atom. The molecule has 6 heteroatoms. The Hall–Kier alpha value is -1.27. The summed E-state index contributed by atoms with van der Waals surface area (Å²) in [7, 11) is 0. The Balaban J connectivity index is 1.77. The Kier molecular flexibility index (Phi) is 3.63. The van der Waals surface area contributed by atoms with E-state index in [2.05, 4.69) is 32.7 Å². The molecule has 2 heterocycles. The van der Waals surface area contributed by atoms with Crippen molar-refractivity contribution in [3.8, 4) is 0 Å². The molecule has 2 rings (SSSR count). The van der Waals surface area contributed by atoms with Crippen LogP contribution in [-0.4, -0.2) is 25.8 Å². The zero-order valence-corrected chi connectivity index (χ0v) is 10.2. The van der Waals surface area contributed by atoms with Crippen LogP contribution >= 0.6 is 11.3 Å². The predicted molar refractivity (Wildman–Crippen MR) is 63.2 cm³/mol. The Morgan fingerprint density at radius 1 is 1.56 bits per heavy atom. The van der Waals surface area contributed by atoms with Crippen LogP contribution in [0.3, 0.4) is 0 Å². The van der Waals surface area contributed by atoms with Gasteiger partial charge in [-0.05, 0) is 13.8 Å². The lowest BCUT2D eigenvalue weighted by Crippen LogP contribution is -2.30. The third-order valence-corrected chi connectivity index (χ3v) is 3.16. The Morgan fingerprint density at radius 3 is 3.06 bits per heavy atom. The molecule has 0 bridgehead atoms. The fourth-order valence-electron chi connectivity index (χ4n) is 1.42. The SMILES string of the molecule is Cc1csc(CNC(C)Cn2cncn2)n1. The molecular formula is C10H15N5S. The van der Waals surface area contributed by atoms with Crippen LogP contribution in [0.15, 0.2) is 18.0 Å². The van der Waals surface area contributed by atoms with Gasteiger partial charge in [-0.3, -0.25) is 4.68 Å². The zero-order chi connectivity index (χ0) is 11.4. The van der Waals surface area contributed by atoms with Gasteiger partial charge in [0.05, 0.1) is 6.54 Å². The number of hydrogen-bond acceptors (Lipinski definition) is 5. The molecular weight excluding hydrogens is 222 g/mol. The Bertz CT molecular complexity index is 422. The van der Waals surface area contributed by atoms with Gasteiger partial charge in [0, 0.05) is 23.7 Å². The zero-order valence-electron chi connectivity index (χ0n) is 9.42. The molecule has 0 saturated carbocycles. The average Bonchev–Trinajstić information content (AvgIpc) is 2.87. The van der Waals surface area contributed by atoms with Gasteiger partial charge < -0.3 is 5.32 Å². The molecule has 0 saturated heterocycles. The quantitative estimate of drug-likeness (QED) is 0.849. The largest absolute Gasteiger partial charge is 0.306 e. The van der Waals surface area contributed by atoms with E-state index in [0.29, 0.717) is 6.04 Å². The molecule has 0 amide bonds. The number of hydrogen-bond donors (Lipinski definition) is 1. The van der Waals surface area contributed by atoms with Crippen LogP contribution < -0.4 is 5.32 Å². The summed E-state index contributed by atoms with van der Waals surface area (Å²) in [4.78, 5) is 8.31. The van der Waals surface area contributed by atoms with Crippen LogP contribution in [0.1, 0.15) is 17.6 Å². The van der Waals surface area contributed by atoms with Crippen molar-refractivity contribution in [2.45, 2.75) is 33.0 Å². The van der Waals surface area contributed by atoms with Crippen molar-refractivity contribution in [2.24, 2.45) is 0 Å². The van der Waals surface area contributed by atoms with Gasteiger partial charge in [-0.2, -0.15) is 5.10 Å². The van der Waals surface area contributed by atoms with Gasteiger partial charge in [0.2, 0.25) is 0 Å². The van der Waals surface area contributed by atoms with Crippen LogP contribution in [0.5, 0.6) is 0 Å². The van der Waals surface area contributed by atoms with Gasteiger partial charge >= 0.3 is 0 Å². The van der Waals surface area contributed by atoms with Crippen molar-refractivity contribution in [3.05, 3.63) is 28.7 Å². The molecule has 1 unspecified atom stereocenters. The monoisotopic (exact) mass is 237 g/mol. The molecule has 0 aliphatic carbocycles. The molecule has 5 nitrogen and oxygen atoms in total. The van der Waals surface area contributed by atoms with Crippen LogP contribution in [0.2, 0.25) is 0 Å². The molecule has 2 aromatic rings. The van der Waals surface area contributed by atoms with Gasteiger partial charge in [-0.1, -0.05) is 0 Å². The maximum Gasteiger partial charge on any atom is 0.137 e. The van der Waals surface area contributed by atoms with E-state index in [1.807, 2.05) is 11.6 Å². The van der Waals surface area contributed by atoms with E-state index < -0.39 is 0 Å². The van der Waals surface area contributed by atoms with Crippen LogP contribution in [0, 0.1) is 6.92 Å². The van der Waals surface area contributed by atoms with Crippen molar-refractivity contribution in [1.29, 1.82) is 0 Å². The lowest BCUT2D eigenvalue weighted by atomic mass is 10.3. The summed E-state index contributed by atoms with van der Waals surface area (Å²) in [5, 5.41) is 10.7. The fourth-order valence-corrected chi connectivity index (χ4v) is 2.14. The Labute approximate surface area is 98.5 Å². The average molecular weight is 237 g/mol. The first-order chi connectivity index (χ1) is 7.74. The maximum atomic E-state index is 4.40. The minimum atomic E-state index is 0.353. The van der Waals surface area contributed by atoms with E-state index in [1.54, 1.807) is 24.0 Å². The van der Waals surface area contributed by atoms with Crippen molar-refractivity contribution < 1.29 is 0 Å². The topological polar surface area (TPSA) is 55.6 Å². The highest BCUT2D eigenvalue weighted by atomic mass is 32.1. The number of aromatic nitrogens is 4. The van der Waals surface area contributed by atoms with Crippen LogP contribution in [0.25, 0.3) is 0 Å². The summed E-state index contributed by atoms with van der Waals surface area (Å²) >= 11 is 1.69. The normalized spacial score (nSPS) is 12.9. The predicted octanol–water partition coefficient (Wildman–Crippen LogP) is 1.22. The number of nitrogens with zero attached hydrogens (tertiary/aromatic N) is 4. The van der Waals surface area contributed by atoms with E-state index in [4.69, 9.17) is 0 Å². The highest BCUT2D eigenvalue weighted by Crippen LogP contribution is 2.08. The van der Waals surface area contributed by atoms with Gasteiger partial charge in [0.15, 0.2) is 0 Å². The standard InChI is InChI=1S/C10H15N5S/c1-8(4-15-7-11-6-13-15)12-3-10-14-9(2)5-16-10/h5-8,12H,3-4H2,1-2H3. The molecule has 86 valence electrons. The van der Waals surface area contributed by atoms with Crippen LogP contribution in [0.4, 0.5) is 0 Å².